The van der Waals surface area contributed by atoms with E-state index in [-0.39, 0.29) is 24.3 Å². The summed E-state index contributed by atoms with van der Waals surface area (Å²) in [6, 6.07) is 16.1. The minimum atomic E-state index is -0.647. The summed E-state index contributed by atoms with van der Waals surface area (Å²) in [6.45, 7) is 3.55. The molecule has 0 unspecified atom stereocenters. The van der Waals surface area contributed by atoms with Crippen LogP contribution >= 0.6 is 11.3 Å². The largest absolute Gasteiger partial charge is 0.484 e. The molecule has 0 saturated heterocycles. The van der Waals surface area contributed by atoms with Crippen LogP contribution in [0.5, 0.6) is 5.75 Å². The van der Waals surface area contributed by atoms with Gasteiger partial charge < -0.3 is 14.8 Å². The van der Waals surface area contributed by atoms with E-state index in [0.29, 0.717) is 21.8 Å². The molecule has 0 fully saturated rings. The lowest BCUT2D eigenvalue weighted by atomic mass is 10.2. The van der Waals surface area contributed by atoms with Crippen LogP contribution in [0.4, 0.5) is 5.00 Å². The molecular formula is C24H21N3O5S. The number of amides is 1. The number of esters is 1. The number of aromatic nitrogens is 2. The molecule has 0 bridgehead atoms. The Balaban J connectivity index is 1.73. The fourth-order valence-corrected chi connectivity index (χ4v) is 4.13. The van der Waals surface area contributed by atoms with Gasteiger partial charge in [0, 0.05) is 10.8 Å². The molecule has 0 aliphatic carbocycles. The van der Waals surface area contributed by atoms with Crippen molar-refractivity contribution in [3.8, 4) is 11.4 Å². The fourth-order valence-electron chi connectivity index (χ4n) is 3.18. The number of carbonyl (C=O) groups excluding carboxylic acids is 2. The number of hydrogen-bond acceptors (Lipinski definition) is 7. The second-order valence-electron chi connectivity index (χ2n) is 7.12. The van der Waals surface area contributed by atoms with E-state index in [2.05, 4.69) is 10.4 Å². The average molecular weight is 464 g/mol. The van der Waals surface area contributed by atoms with Crippen LogP contribution in [0.15, 0.2) is 64.8 Å². The van der Waals surface area contributed by atoms with Gasteiger partial charge in [-0.15, -0.1) is 11.3 Å². The van der Waals surface area contributed by atoms with Gasteiger partial charge in [0.25, 0.3) is 11.5 Å². The molecule has 0 aliphatic heterocycles. The standard InChI is InChI=1S/C24H21N3O5S/c1-3-31-24(30)21-18-14-33-22(25-19(28)13-32-17-7-5-4-6-8-17)20(18)23(29)27(26-21)16-11-9-15(2)10-12-16/h4-12,14H,3,13H2,1-2H3,(H,25,28). The van der Waals surface area contributed by atoms with Crippen molar-refractivity contribution in [1.82, 2.24) is 9.78 Å². The van der Waals surface area contributed by atoms with E-state index in [1.165, 1.54) is 0 Å². The van der Waals surface area contributed by atoms with Crippen molar-refractivity contribution in [1.29, 1.82) is 0 Å². The highest BCUT2D eigenvalue weighted by Gasteiger charge is 2.23. The van der Waals surface area contributed by atoms with Gasteiger partial charge in [-0.1, -0.05) is 35.9 Å². The third-order valence-corrected chi connectivity index (χ3v) is 5.66. The van der Waals surface area contributed by atoms with E-state index in [9.17, 15) is 14.4 Å². The first-order chi connectivity index (χ1) is 16.0. The van der Waals surface area contributed by atoms with Crippen molar-refractivity contribution < 1.29 is 19.1 Å². The lowest BCUT2D eigenvalue weighted by Crippen LogP contribution is -2.26. The second kappa shape index (κ2) is 9.66. The summed E-state index contributed by atoms with van der Waals surface area (Å²) in [7, 11) is 0. The predicted molar refractivity (Wildman–Crippen MR) is 126 cm³/mol. The van der Waals surface area contributed by atoms with Gasteiger partial charge in [-0.25, -0.2) is 4.79 Å². The number of hydrogen-bond donors (Lipinski definition) is 1. The molecule has 168 valence electrons. The number of para-hydroxylation sites is 1. The summed E-state index contributed by atoms with van der Waals surface area (Å²) in [6.07, 6.45) is 0. The number of benzene rings is 2. The van der Waals surface area contributed by atoms with Crippen molar-refractivity contribution in [2.45, 2.75) is 13.8 Å². The smallest absolute Gasteiger partial charge is 0.359 e. The lowest BCUT2D eigenvalue weighted by molar-refractivity contribution is -0.118. The summed E-state index contributed by atoms with van der Waals surface area (Å²) in [5, 5.41) is 9.45. The van der Waals surface area contributed by atoms with Gasteiger partial charge in [-0.2, -0.15) is 9.78 Å². The van der Waals surface area contributed by atoms with Crippen LogP contribution in [-0.4, -0.2) is 34.9 Å². The molecule has 0 radical (unpaired) electrons. The molecule has 0 saturated carbocycles. The molecule has 33 heavy (non-hydrogen) atoms. The van der Waals surface area contributed by atoms with Gasteiger partial charge in [0.1, 0.15) is 10.8 Å². The monoisotopic (exact) mass is 463 g/mol. The summed E-state index contributed by atoms with van der Waals surface area (Å²) < 4.78 is 11.8. The van der Waals surface area contributed by atoms with Crippen LogP contribution in [0.1, 0.15) is 23.0 Å². The van der Waals surface area contributed by atoms with Crippen LogP contribution in [0.2, 0.25) is 0 Å². The Morgan fingerprint density at radius 2 is 1.82 bits per heavy atom. The summed E-state index contributed by atoms with van der Waals surface area (Å²) in [5.74, 6) is -0.524. The maximum atomic E-state index is 13.4. The average Bonchev–Trinajstić information content (AvgIpc) is 3.23. The normalized spacial score (nSPS) is 10.7. The molecule has 4 aromatic rings. The first kappa shape index (κ1) is 22.2. The molecule has 1 N–H and O–H groups in total. The van der Waals surface area contributed by atoms with E-state index in [0.717, 1.165) is 21.6 Å². The SMILES string of the molecule is CCOC(=O)c1nn(-c2ccc(C)cc2)c(=O)c2c(NC(=O)COc3ccccc3)scc12. The van der Waals surface area contributed by atoms with Gasteiger partial charge in [0.2, 0.25) is 0 Å². The molecule has 2 heterocycles. The molecule has 2 aromatic heterocycles. The van der Waals surface area contributed by atoms with Crippen molar-refractivity contribution in [3.05, 3.63) is 81.6 Å². The Hall–Kier alpha value is -3.98. The van der Waals surface area contributed by atoms with Gasteiger partial charge in [0.15, 0.2) is 12.3 Å². The first-order valence-electron chi connectivity index (χ1n) is 10.2. The number of rotatable bonds is 7. The zero-order valence-corrected chi connectivity index (χ0v) is 18.8. The molecule has 0 aliphatic rings. The van der Waals surface area contributed by atoms with E-state index >= 15 is 0 Å². The highest BCUT2D eigenvalue weighted by Crippen LogP contribution is 2.30. The summed E-state index contributed by atoms with van der Waals surface area (Å²) in [4.78, 5) is 38.5. The van der Waals surface area contributed by atoms with E-state index in [1.54, 1.807) is 48.7 Å². The third-order valence-electron chi connectivity index (χ3n) is 4.77. The number of fused-ring (bicyclic) bond motifs is 1. The topological polar surface area (TPSA) is 99.5 Å². The first-order valence-corrected chi connectivity index (χ1v) is 11.1. The number of anilines is 1. The highest BCUT2D eigenvalue weighted by molar-refractivity contribution is 7.16. The second-order valence-corrected chi connectivity index (χ2v) is 8.00. The number of nitrogens with zero attached hydrogens (tertiary/aromatic N) is 2. The molecular weight excluding hydrogens is 442 g/mol. The quantitative estimate of drug-likeness (QED) is 0.417. The number of aryl methyl sites for hydroxylation is 1. The van der Waals surface area contributed by atoms with Crippen LogP contribution in [0.25, 0.3) is 16.5 Å². The molecule has 4 rings (SSSR count). The van der Waals surface area contributed by atoms with Gasteiger partial charge >= 0.3 is 5.97 Å². The van der Waals surface area contributed by atoms with Crippen LogP contribution in [0.3, 0.4) is 0 Å². The summed E-state index contributed by atoms with van der Waals surface area (Å²) >= 11 is 1.13. The highest BCUT2D eigenvalue weighted by atomic mass is 32.1. The molecule has 0 atom stereocenters. The Kier molecular flexibility index (Phi) is 6.50. The van der Waals surface area contributed by atoms with Crippen molar-refractivity contribution in [2.75, 3.05) is 18.5 Å². The Morgan fingerprint density at radius 3 is 2.52 bits per heavy atom. The molecule has 9 heteroatoms. The minimum Gasteiger partial charge on any atom is -0.484 e. The maximum Gasteiger partial charge on any atom is 0.359 e. The molecule has 1 amide bonds. The van der Waals surface area contributed by atoms with E-state index < -0.39 is 17.4 Å². The maximum absolute atomic E-state index is 13.4. The number of nitrogens with one attached hydrogen (secondary N) is 1. The van der Waals surface area contributed by atoms with E-state index in [4.69, 9.17) is 9.47 Å². The molecule has 8 nitrogen and oxygen atoms in total. The summed E-state index contributed by atoms with van der Waals surface area (Å²) in [5.41, 5.74) is 1.06. The van der Waals surface area contributed by atoms with Crippen LogP contribution < -0.4 is 15.6 Å². The minimum absolute atomic E-state index is 0.00399. The zero-order valence-electron chi connectivity index (χ0n) is 18.0. The van der Waals surface area contributed by atoms with E-state index in [1.807, 2.05) is 25.1 Å². The third kappa shape index (κ3) is 4.78. The van der Waals surface area contributed by atoms with Gasteiger partial charge in [-0.05, 0) is 38.1 Å². The Bertz CT molecular complexity index is 1360. The Morgan fingerprint density at radius 1 is 1.09 bits per heavy atom. The van der Waals surface area contributed by atoms with Crippen molar-refractivity contribution >= 4 is 39.0 Å². The lowest BCUT2D eigenvalue weighted by Gasteiger charge is -2.10. The number of carbonyl (C=O) groups is 2. The van der Waals surface area contributed by atoms with Gasteiger partial charge in [-0.3, -0.25) is 9.59 Å². The molecule has 2 aromatic carbocycles. The number of ether oxygens (including phenoxy) is 2. The van der Waals surface area contributed by atoms with Crippen LogP contribution in [-0.2, 0) is 9.53 Å². The van der Waals surface area contributed by atoms with Crippen molar-refractivity contribution in [2.24, 2.45) is 0 Å². The van der Waals surface area contributed by atoms with Gasteiger partial charge in [0.05, 0.1) is 17.7 Å². The zero-order chi connectivity index (χ0) is 23.4. The predicted octanol–water partition coefficient (Wildman–Crippen LogP) is 3.95. The van der Waals surface area contributed by atoms with Crippen molar-refractivity contribution in [3.63, 3.8) is 0 Å². The van der Waals surface area contributed by atoms with Crippen LogP contribution in [0, 0.1) is 6.92 Å². The molecule has 0 spiro atoms. The fraction of sp³-hybridized carbons (Fsp3) is 0.167. The number of thiophene rings is 1. The Labute approximate surface area is 193 Å².